The predicted octanol–water partition coefficient (Wildman–Crippen LogP) is 0.880. The monoisotopic (exact) mass is 181 g/mol. The molecule has 0 aromatic heterocycles. The van der Waals surface area contributed by atoms with Crippen LogP contribution in [0.2, 0.25) is 0 Å². The third kappa shape index (κ3) is 0.798. The number of ketones is 1. The predicted molar refractivity (Wildman–Crippen MR) is 48.1 cm³/mol. The standard InChI is InChI=1S/C10H15NO2/c1-9(2)6-4-5-7(12)10(9,3)11-8(6)13/h6H,4-5H2,1-3H3,(H,11,13)/t6-,10?/m1/s1. The van der Waals surface area contributed by atoms with E-state index in [1.54, 1.807) is 0 Å². The highest BCUT2D eigenvalue weighted by Gasteiger charge is 2.62. The normalized spacial score (nSPS) is 41.9. The highest BCUT2D eigenvalue weighted by molar-refractivity contribution is 6.00. The maximum atomic E-state index is 11.7. The van der Waals surface area contributed by atoms with Crippen molar-refractivity contribution in [3.8, 4) is 0 Å². The van der Waals surface area contributed by atoms with E-state index in [1.807, 2.05) is 20.8 Å². The van der Waals surface area contributed by atoms with Gasteiger partial charge in [-0.25, -0.2) is 0 Å². The fourth-order valence-electron chi connectivity index (χ4n) is 2.62. The summed E-state index contributed by atoms with van der Waals surface area (Å²) in [5.41, 5.74) is -0.841. The second-order valence-corrected chi connectivity index (χ2v) is 4.85. The zero-order chi connectivity index (χ0) is 9.85. The van der Waals surface area contributed by atoms with Crippen molar-refractivity contribution in [3.05, 3.63) is 0 Å². The SMILES string of the molecule is CC12NC(=O)[C@@H](CCC1=O)C2(C)C. The molecule has 0 aromatic rings. The van der Waals surface area contributed by atoms with Gasteiger partial charge in [0.25, 0.3) is 0 Å². The van der Waals surface area contributed by atoms with E-state index in [4.69, 9.17) is 0 Å². The van der Waals surface area contributed by atoms with Gasteiger partial charge in [0, 0.05) is 17.8 Å². The third-order valence-electron chi connectivity index (χ3n) is 4.07. The Hall–Kier alpha value is -0.860. The molecule has 2 aliphatic rings. The number of amides is 1. The van der Waals surface area contributed by atoms with Crippen LogP contribution in [-0.2, 0) is 9.59 Å². The summed E-state index contributed by atoms with van der Waals surface area (Å²) >= 11 is 0. The van der Waals surface area contributed by atoms with Crippen molar-refractivity contribution in [2.24, 2.45) is 11.3 Å². The summed E-state index contributed by atoms with van der Waals surface area (Å²) < 4.78 is 0. The summed E-state index contributed by atoms with van der Waals surface area (Å²) in [6, 6.07) is 0. The van der Waals surface area contributed by atoms with Gasteiger partial charge in [-0.1, -0.05) is 13.8 Å². The minimum atomic E-state index is -0.618. The lowest BCUT2D eigenvalue weighted by molar-refractivity contribution is -0.131. The number of hydrogen-bond acceptors (Lipinski definition) is 2. The van der Waals surface area contributed by atoms with Crippen LogP contribution in [0.25, 0.3) is 0 Å². The van der Waals surface area contributed by atoms with Crippen molar-refractivity contribution < 1.29 is 9.59 Å². The average molecular weight is 181 g/mol. The lowest BCUT2D eigenvalue weighted by atomic mass is 9.61. The molecule has 1 saturated heterocycles. The summed E-state index contributed by atoms with van der Waals surface area (Å²) in [7, 11) is 0. The van der Waals surface area contributed by atoms with E-state index < -0.39 is 5.54 Å². The molecule has 1 N–H and O–H groups in total. The largest absolute Gasteiger partial charge is 0.343 e. The van der Waals surface area contributed by atoms with Crippen LogP contribution in [-0.4, -0.2) is 17.2 Å². The molecule has 1 heterocycles. The Bertz CT molecular complexity index is 295. The summed E-state index contributed by atoms with van der Waals surface area (Å²) in [5, 5.41) is 2.84. The van der Waals surface area contributed by atoms with E-state index in [2.05, 4.69) is 5.32 Å². The number of Topliss-reactive ketones (excluding diaryl/α,β-unsaturated/α-hetero) is 1. The van der Waals surface area contributed by atoms with E-state index in [9.17, 15) is 9.59 Å². The van der Waals surface area contributed by atoms with E-state index in [0.717, 1.165) is 0 Å². The van der Waals surface area contributed by atoms with Gasteiger partial charge in [0.2, 0.25) is 5.91 Å². The zero-order valence-electron chi connectivity index (χ0n) is 8.31. The Balaban J connectivity index is 2.52. The first-order valence-electron chi connectivity index (χ1n) is 4.75. The van der Waals surface area contributed by atoms with Gasteiger partial charge in [-0.2, -0.15) is 0 Å². The molecular formula is C10H15NO2. The smallest absolute Gasteiger partial charge is 0.224 e. The number of rotatable bonds is 0. The van der Waals surface area contributed by atoms with Crippen LogP contribution in [0, 0.1) is 11.3 Å². The van der Waals surface area contributed by atoms with Crippen molar-refractivity contribution in [2.45, 2.75) is 39.2 Å². The molecule has 1 amide bonds. The Morgan fingerprint density at radius 3 is 2.46 bits per heavy atom. The minimum Gasteiger partial charge on any atom is -0.343 e. The Morgan fingerprint density at radius 1 is 1.31 bits per heavy atom. The lowest BCUT2D eigenvalue weighted by Gasteiger charge is -2.42. The minimum absolute atomic E-state index is 0.0233. The molecule has 2 fully saturated rings. The van der Waals surface area contributed by atoms with Gasteiger partial charge in [0.15, 0.2) is 5.78 Å². The molecule has 2 bridgehead atoms. The van der Waals surface area contributed by atoms with Crippen molar-refractivity contribution in [1.29, 1.82) is 0 Å². The fourth-order valence-corrected chi connectivity index (χ4v) is 2.62. The number of carbonyl (C=O) groups excluding carboxylic acids is 2. The summed E-state index contributed by atoms with van der Waals surface area (Å²) in [4.78, 5) is 23.3. The first-order chi connectivity index (χ1) is 5.89. The summed E-state index contributed by atoms with van der Waals surface area (Å²) in [6.45, 7) is 5.87. The van der Waals surface area contributed by atoms with Gasteiger partial charge < -0.3 is 5.32 Å². The molecule has 1 unspecified atom stereocenters. The topological polar surface area (TPSA) is 46.2 Å². The van der Waals surface area contributed by atoms with Gasteiger partial charge in [0.05, 0.1) is 0 Å². The van der Waals surface area contributed by atoms with Gasteiger partial charge in [-0.15, -0.1) is 0 Å². The summed E-state index contributed by atoms with van der Waals surface area (Å²) in [6.07, 6.45) is 1.26. The highest BCUT2D eigenvalue weighted by atomic mass is 16.2. The quantitative estimate of drug-likeness (QED) is 0.603. The zero-order valence-corrected chi connectivity index (χ0v) is 8.31. The summed E-state index contributed by atoms with van der Waals surface area (Å²) in [5.74, 6) is 0.258. The Morgan fingerprint density at radius 2 is 1.92 bits per heavy atom. The van der Waals surface area contributed by atoms with E-state index in [1.165, 1.54) is 0 Å². The second kappa shape index (κ2) is 2.14. The molecule has 1 saturated carbocycles. The molecule has 1 aliphatic heterocycles. The van der Waals surface area contributed by atoms with E-state index in [0.29, 0.717) is 12.8 Å². The molecule has 3 nitrogen and oxygen atoms in total. The third-order valence-corrected chi connectivity index (χ3v) is 4.07. The second-order valence-electron chi connectivity index (χ2n) is 4.85. The first kappa shape index (κ1) is 8.73. The van der Waals surface area contributed by atoms with E-state index >= 15 is 0 Å². The number of hydrogen-bond donors (Lipinski definition) is 1. The maximum absolute atomic E-state index is 11.7. The van der Waals surface area contributed by atoms with Gasteiger partial charge in [0.1, 0.15) is 5.54 Å². The van der Waals surface area contributed by atoms with Gasteiger partial charge in [-0.3, -0.25) is 9.59 Å². The number of carbonyl (C=O) groups is 2. The van der Waals surface area contributed by atoms with Crippen LogP contribution in [0.4, 0.5) is 0 Å². The van der Waals surface area contributed by atoms with Crippen molar-refractivity contribution in [3.63, 3.8) is 0 Å². The number of nitrogens with one attached hydrogen (secondary N) is 1. The van der Waals surface area contributed by atoms with Gasteiger partial charge >= 0.3 is 0 Å². The average Bonchev–Trinajstić information content (AvgIpc) is 2.13. The van der Waals surface area contributed by atoms with Crippen molar-refractivity contribution >= 4 is 11.7 Å². The van der Waals surface area contributed by atoms with Crippen LogP contribution >= 0.6 is 0 Å². The fraction of sp³-hybridized carbons (Fsp3) is 0.800. The Kier molecular flexibility index (Phi) is 1.44. The van der Waals surface area contributed by atoms with Crippen LogP contribution in [0.1, 0.15) is 33.6 Å². The van der Waals surface area contributed by atoms with Crippen LogP contribution in [0.15, 0.2) is 0 Å². The molecule has 0 radical (unpaired) electrons. The first-order valence-corrected chi connectivity index (χ1v) is 4.75. The molecular weight excluding hydrogens is 166 g/mol. The van der Waals surface area contributed by atoms with Gasteiger partial charge in [-0.05, 0) is 13.3 Å². The maximum Gasteiger partial charge on any atom is 0.224 e. The van der Waals surface area contributed by atoms with Crippen LogP contribution < -0.4 is 5.32 Å². The lowest BCUT2D eigenvalue weighted by Crippen LogP contribution is -2.56. The molecule has 1 aliphatic carbocycles. The van der Waals surface area contributed by atoms with Crippen molar-refractivity contribution in [2.75, 3.05) is 0 Å². The molecule has 2 rings (SSSR count). The van der Waals surface area contributed by atoms with E-state index in [-0.39, 0.29) is 23.0 Å². The Labute approximate surface area is 77.9 Å². The molecule has 72 valence electrons. The number of fused-ring (bicyclic) bond motifs is 2. The molecule has 13 heavy (non-hydrogen) atoms. The molecule has 2 atom stereocenters. The molecule has 0 aromatic carbocycles. The van der Waals surface area contributed by atoms with Crippen LogP contribution in [0.5, 0.6) is 0 Å². The molecule has 3 heteroatoms. The highest BCUT2D eigenvalue weighted by Crippen LogP contribution is 2.50. The van der Waals surface area contributed by atoms with Crippen LogP contribution in [0.3, 0.4) is 0 Å². The molecule has 0 spiro atoms. The van der Waals surface area contributed by atoms with Crippen molar-refractivity contribution in [1.82, 2.24) is 5.32 Å².